The number of carbonyl (C=O) groups excluding carboxylic acids is 1. The molecule has 0 spiro atoms. The van der Waals surface area contributed by atoms with Crippen LogP contribution in [0.5, 0.6) is 0 Å². The number of anilines is 2. The number of nitrogens with one attached hydrogen (secondary N) is 1. The van der Waals surface area contributed by atoms with Crippen LogP contribution in [0.2, 0.25) is 0 Å². The van der Waals surface area contributed by atoms with Crippen molar-refractivity contribution >= 4 is 28.2 Å². The maximum Gasteiger partial charge on any atom is 0.265 e. The zero-order chi connectivity index (χ0) is 14.7. The molecule has 21 heavy (non-hydrogen) atoms. The molecule has 0 bridgehead atoms. The molecule has 3 N–H and O–H groups in total. The maximum absolute atomic E-state index is 12.2. The second kappa shape index (κ2) is 6.13. The maximum atomic E-state index is 12.2. The van der Waals surface area contributed by atoms with Gasteiger partial charge in [-0.3, -0.25) is 4.79 Å². The first-order valence-electron chi connectivity index (χ1n) is 6.99. The molecule has 3 rings (SSSR count). The van der Waals surface area contributed by atoms with Gasteiger partial charge in [0.1, 0.15) is 10.7 Å². The van der Waals surface area contributed by atoms with Crippen molar-refractivity contribution in [3.63, 3.8) is 0 Å². The molecule has 1 aliphatic heterocycles. The first-order chi connectivity index (χ1) is 10.2. The highest BCUT2D eigenvalue weighted by Crippen LogP contribution is 2.30. The lowest BCUT2D eigenvalue weighted by Gasteiger charge is -2.11. The highest BCUT2D eigenvalue weighted by molar-refractivity contribution is 7.18. The molecule has 8 heteroatoms. The molecule has 1 amide bonds. The van der Waals surface area contributed by atoms with Crippen molar-refractivity contribution in [1.29, 1.82) is 0 Å². The molecule has 0 atom stereocenters. The number of nitrogens with zero attached hydrogens (tertiary/aromatic N) is 4. The number of amides is 1. The summed E-state index contributed by atoms with van der Waals surface area (Å²) in [6.07, 6.45) is 7.64. The number of carbonyl (C=O) groups is 1. The van der Waals surface area contributed by atoms with Gasteiger partial charge in [0.25, 0.3) is 5.91 Å². The number of nitrogen functional groups attached to an aromatic ring is 1. The third-order valence-electron chi connectivity index (χ3n) is 3.44. The molecule has 0 unspecified atom stereocenters. The largest absolute Gasteiger partial charge is 0.382 e. The van der Waals surface area contributed by atoms with Crippen molar-refractivity contribution in [1.82, 2.24) is 19.9 Å². The van der Waals surface area contributed by atoms with Gasteiger partial charge in [0.2, 0.25) is 0 Å². The molecule has 2 aromatic rings. The topological polar surface area (TPSA) is 89.1 Å². The summed E-state index contributed by atoms with van der Waals surface area (Å²) in [5, 5.41) is 3.72. The van der Waals surface area contributed by atoms with Crippen molar-refractivity contribution < 1.29 is 4.79 Å². The predicted octanol–water partition coefficient (Wildman–Crippen LogP) is 0.952. The standard InChI is InChI=1S/C13H18N6OS/c14-11-10(21-13(17-11)19-5-1-2-6-19)12(20)16-4-8-18-7-3-15-9-18/h3,7,9H,1-2,4-6,8,14H2,(H,16,20). The smallest absolute Gasteiger partial charge is 0.265 e. The lowest BCUT2D eigenvalue weighted by atomic mass is 10.4. The van der Waals surface area contributed by atoms with Crippen LogP contribution in [0.1, 0.15) is 22.5 Å². The third-order valence-corrected chi connectivity index (χ3v) is 4.57. The van der Waals surface area contributed by atoms with Crippen LogP contribution in [0, 0.1) is 0 Å². The molecule has 7 nitrogen and oxygen atoms in total. The number of aromatic nitrogens is 3. The lowest BCUT2D eigenvalue weighted by Crippen LogP contribution is -2.26. The van der Waals surface area contributed by atoms with E-state index in [1.165, 1.54) is 24.2 Å². The summed E-state index contributed by atoms with van der Waals surface area (Å²) >= 11 is 1.37. The van der Waals surface area contributed by atoms with E-state index in [1.807, 2.05) is 10.8 Å². The number of thiazole rings is 1. The molecule has 0 saturated carbocycles. The Bertz CT molecular complexity index is 602. The summed E-state index contributed by atoms with van der Waals surface area (Å²) < 4.78 is 1.91. The van der Waals surface area contributed by atoms with Gasteiger partial charge in [-0.15, -0.1) is 0 Å². The Morgan fingerprint density at radius 3 is 2.95 bits per heavy atom. The van der Waals surface area contributed by atoms with Crippen LogP contribution in [0.4, 0.5) is 10.9 Å². The Labute approximate surface area is 126 Å². The van der Waals surface area contributed by atoms with E-state index in [9.17, 15) is 4.79 Å². The average molecular weight is 306 g/mol. The SMILES string of the molecule is Nc1nc(N2CCCC2)sc1C(=O)NCCn1ccnc1. The number of hydrogen-bond donors (Lipinski definition) is 2. The Hall–Kier alpha value is -2.09. The van der Waals surface area contributed by atoms with Gasteiger partial charge < -0.3 is 20.5 Å². The Morgan fingerprint density at radius 2 is 2.24 bits per heavy atom. The van der Waals surface area contributed by atoms with Crippen molar-refractivity contribution in [2.45, 2.75) is 19.4 Å². The van der Waals surface area contributed by atoms with Crippen LogP contribution in [-0.4, -0.2) is 40.1 Å². The van der Waals surface area contributed by atoms with Crippen LogP contribution < -0.4 is 16.0 Å². The van der Waals surface area contributed by atoms with Crippen molar-refractivity contribution in [3.8, 4) is 0 Å². The molecular formula is C13H18N6OS. The van der Waals surface area contributed by atoms with E-state index < -0.39 is 0 Å². The van der Waals surface area contributed by atoms with Crippen molar-refractivity contribution in [2.24, 2.45) is 0 Å². The minimum Gasteiger partial charge on any atom is -0.382 e. The quantitative estimate of drug-likeness (QED) is 0.858. The van der Waals surface area contributed by atoms with Crippen molar-refractivity contribution in [2.75, 3.05) is 30.3 Å². The fourth-order valence-corrected chi connectivity index (χ4v) is 3.28. The third kappa shape index (κ3) is 3.15. The predicted molar refractivity (Wildman–Crippen MR) is 82.5 cm³/mol. The number of hydrogen-bond acceptors (Lipinski definition) is 6. The molecule has 0 radical (unpaired) electrons. The van der Waals surface area contributed by atoms with Gasteiger partial charge in [0.05, 0.1) is 6.33 Å². The van der Waals surface area contributed by atoms with Gasteiger partial charge >= 0.3 is 0 Å². The fraction of sp³-hybridized carbons (Fsp3) is 0.462. The van der Waals surface area contributed by atoms with E-state index in [2.05, 4.69) is 20.2 Å². The number of nitrogens with two attached hydrogens (primary N) is 1. The van der Waals surface area contributed by atoms with E-state index in [4.69, 9.17) is 5.73 Å². The minimum absolute atomic E-state index is 0.157. The Kier molecular flexibility index (Phi) is 4.05. The van der Waals surface area contributed by atoms with E-state index in [-0.39, 0.29) is 5.91 Å². The normalized spacial score (nSPS) is 14.6. The van der Waals surface area contributed by atoms with Gasteiger partial charge in [0.15, 0.2) is 5.13 Å². The summed E-state index contributed by atoms with van der Waals surface area (Å²) in [5.41, 5.74) is 5.87. The van der Waals surface area contributed by atoms with E-state index in [0.29, 0.717) is 23.8 Å². The second-order valence-electron chi connectivity index (χ2n) is 4.96. The summed E-state index contributed by atoms with van der Waals surface area (Å²) in [4.78, 5) is 23.1. The minimum atomic E-state index is -0.157. The lowest BCUT2D eigenvalue weighted by molar-refractivity contribution is 0.0957. The van der Waals surface area contributed by atoms with Gasteiger partial charge in [-0.2, -0.15) is 0 Å². The fourth-order valence-electron chi connectivity index (χ4n) is 2.32. The monoisotopic (exact) mass is 306 g/mol. The van der Waals surface area contributed by atoms with E-state index in [0.717, 1.165) is 18.2 Å². The number of imidazole rings is 1. The van der Waals surface area contributed by atoms with Crippen LogP contribution in [0.3, 0.4) is 0 Å². The average Bonchev–Trinajstić information content (AvgIpc) is 3.19. The molecule has 0 aromatic carbocycles. The van der Waals surface area contributed by atoms with Crippen LogP contribution in [-0.2, 0) is 6.54 Å². The Balaban J connectivity index is 1.58. The van der Waals surface area contributed by atoms with Crippen LogP contribution in [0.25, 0.3) is 0 Å². The van der Waals surface area contributed by atoms with Gasteiger partial charge in [-0.05, 0) is 12.8 Å². The molecule has 2 aromatic heterocycles. The number of rotatable bonds is 5. The highest BCUT2D eigenvalue weighted by Gasteiger charge is 2.21. The van der Waals surface area contributed by atoms with E-state index >= 15 is 0 Å². The zero-order valence-corrected chi connectivity index (χ0v) is 12.5. The molecule has 1 fully saturated rings. The molecule has 0 aliphatic carbocycles. The molecule has 112 valence electrons. The van der Waals surface area contributed by atoms with Gasteiger partial charge in [0, 0.05) is 38.6 Å². The summed E-state index contributed by atoms with van der Waals surface area (Å²) in [7, 11) is 0. The molecule has 1 saturated heterocycles. The van der Waals surface area contributed by atoms with Crippen LogP contribution in [0.15, 0.2) is 18.7 Å². The summed E-state index contributed by atoms with van der Waals surface area (Å²) in [6.45, 7) is 3.21. The van der Waals surface area contributed by atoms with Gasteiger partial charge in [-0.1, -0.05) is 11.3 Å². The highest BCUT2D eigenvalue weighted by atomic mass is 32.1. The summed E-state index contributed by atoms with van der Waals surface area (Å²) in [5.74, 6) is 0.164. The Morgan fingerprint density at radius 1 is 1.43 bits per heavy atom. The van der Waals surface area contributed by atoms with Crippen molar-refractivity contribution in [3.05, 3.63) is 23.6 Å². The molecular weight excluding hydrogens is 288 g/mol. The first-order valence-corrected chi connectivity index (χ1v) is 7.81. The first kappa shape index (κ1) is 13.9. The summed E-state index contributed by atoms with van der Waals surface area (Å²) in [6, 6.07) is 0. The molecule has 3 heterocycles. The zero-order valence-electron chi connectivity index (χ0n) is 11.7. The second-order valence-corrected chi connectivity index (χ2v) is 5.94. The van der Waals surface area contributed by atoms with Crippen LogP contribution >= 0.6 is 11.3 Å². The van der Waals surface area contributed by atoms with Gasteiger partial charge in [-0.25, -0.2) is 9.97 Å². The van der Waals surface area contributed by atoms with E-state index in [1.54, 1.807) is 12.5 Å². The molecule has 1 aliphatic rings.